The minimum Gasteiger partial charge on any atom is -0.350 e. The van der Waals surface area contributed by atoms with E-state index in [4.69, 9.17) is 34.8 Å². The SMILES string of the molecule is O=C(Nc1nc(-c2ccccc2)cs1)c1ccc(NC2=C(Cl)C(=O)N(c3ccc(Cl)cc3Cl)C2=O)cc1. The van der Waals surface area contributed by atoms with E-state index in [1.54, 1.807) is 24.3 Å². The molecular weight excluding hydrogens is 555 g/mol. The first-order chi connectivity index (χ1) is 17.8. The van der Waals surface area contributed by atoms with Crippen molar-refractivity contribution < 1.29 is 14.4 Å². The zero-order valence-electron chi connectivity index (χ0n) is 18.7. The van der Waals surface area contributed by atoms with Crippen LogP contribution in [0, 0.1) is 0 Å². The fourth-order valence-corrected chi connectivity index (χ4v) is 5.00. The molecule has 4 aromatic rings. The lowest BCUT2D eigenvalue weighted by atomic mass is 10.2. The van der Waals surface area contributed by atoms with E-state index in [9.17, 15) is 14.4 Å². The van der Waals surface area contributed by atoms with E-state index in [1.165, 1.54) is 29.5 Å². The van der Waals surface area contributed by atoms with Crippen molar-refractivity contribution in [2.75, 3.05) is 15.5 Å². The minimum atomic E-state index is -0.715. The summed E-state index contributed by atoms with van der Waals surface area (Å²) >= 11 is 19.6. The van der Waals surface area contributed by atoms with Gasteiger partial charge >= 0.3 is 0 Å². The predicted molar refractivity (Wildman–Crippen MR) is 147 cm³/mol. The highest BCUT2D eigenvalue weighted by atomic mass is 35.5. The van der Waals surface area contributed by atoms with E-state index in [0.717, 1.165) is 16.2 Å². The summed E-state index contributed by atoms with van der Waals surface area (Å²) in [7, 11) is 0. The molecule has 37 heavy (non-hydrogen) atoms. The number of carbonyl (C=O) groups excluding carboxylic acids is 3. The Hall–Kier alpha value is -3.69. The number of hydrogen-bond donors (Lipinski definition) is 2. The summed E-state index contributed by atoms with van der Waals surface area (Å²) in [5, 5.41) is 8.20. The number of nitrogens with one attached hydrogen (secondary N) is 2. The highest BCUT2D eigenvalue weighted by Gasteiger charge is 2.39. The number of anilines is 3. The van der Waals surface area contributed by atoms with Crippen molar-refractivity contribution in [2.45, 2.75) is 0 Å². The fourth-order valence-electron chi connectivity index (χ4n) is 3.58. The van der Waals surface area contributed by atoms with Gasteiger partial charge in [-0.15, -0.1) is 11.3 Å². The van der Waals surface area contributed by atoms with Crippen LogP contribution in [-0.4, -0.2) is 22.7 Å². The maximum atomic E-state index is 13.0. The van der Waals surface area contributed by atoms with Crippen LogP contribution in [0.3, 0.4) is 0 Å². The number of thiazole rings is 1. The van der Waals surface area contributed by atoms with E-state index in [2.05, 4.69) is 15.6 Å². The molecule has 3 amide bonds. The lowest BCUT2D eigenvalue weighted by molar-refractivity contribution is -0.120. The Morgan fingerprint density at radius 3 is 2.32 bits per heavy atom. The molecular formula is C26H15Cl3N4O3S. The Morgan fingerprint density at radius 1 is 0.892 bits per heavy atom. The van der Waals surface area contributed by atoms with Gasteiger partial charge in [-0.05, 0) is 42.5 Å². The monoisotopic (exact) mass is 568 g/mol. The Kier molecular flexibility index (Phi) is 6.99. The van der Waals surface area contributed by atoms with Gasteiger partial charge in [0.15, 0.2) is 5.13 Å². The molecule has 2 heterocycles. The minimum absolute atomic E-state index is 0.105. The molecule has 5 rings (SSSR count). The lowest BCUT2D eigenvalue weighted by Gasteiger charge is -2.16. The van der Waals surface area contributed by atoms with Gasteiger partial charge in [0.1, 0.15) is 10.7 Å². The topological polar surface area (TPSA) is 91.4 Å². The normalized spacial score (nSPS) is 13.3. The van der Waals surface area contributed by atoms with E-state index < -0.39 is 11.8 Å². The summed E-state index contributed by atoms with van der Waals surface area (Å²) < 4.78 is 0. The van der Waals surface area contributed by atoms with Crippen LogP contribution >= 0.6 is 46.1 Å². The smallest absolute Gasteiger partial charge is 0.283 e. The Balaban J connectivity index is 1.27. The van der Waals surface area contributed by atoms with Crippen LogP contribution in [-0.2, 0) is 9.59 Å². The van der Waals surface area contributed by atoms with Crippen LogP contribution in [0.25, 0.3) is 11.3 Å². The van der Waals surface area contributed by atoms with Crippen molar-refractivity contribution >= 4 is 80.4 Å². The van der Waals surface area contributed by atoms with E-state index >= 15 is 0 Å². The molecule has 0 fully saturated rings. The first-order valence-corrected chi connectivity index (χ1v) is 12.8. The maximum absolute atomic E-state index is 13.0. The van der Waals surface area contributed by atoms with Crippen molar-refractivity contribution in [2.24, 2.45) is 0 Å². The third kappa shape index (κ3) is 5.10. The number of benzene rings is 3. The number of amides is 3. The van der Waals surface area contributed by atoms with Gasteiger partial charge in [0.2, 0.25) is 0 Å². The molecule has 1 aliphatic heterocycles. The van der Waals surface area contributed by atoms with Gasteiger partial charge in [-0.25, -0.2) is 9.88 Å². The van der Waals surface area contributed by atoms with E-state index in [0.29, 0.717) is 21.4 Å². The number of nitrogens with zero attached hydrogens (tertiary/aromatic N) is 2. The second kappa shape index (κ2) is 10.4. The summed E-state index contributed by atoms with van der Waals surface area (Å²) in [6.45, 7) is 0. The van der Waals surface area contributed by atoms with Gasteiger partial charge in [0.25, 0.3) is 17.7 Å². The van der Waals surface area contributed by atoms with Gasteiger partial charge in [-0.3, -0.25) is 19.7 Å². The van der Waals surface area contributed by atoms with Crippen molar-refractivity contribution in [3.63, 3.8) is 0 Å². The highest BCUT2D eigenvalue weighted by Crippen LogP contribution is 2.35. The first-order valence-electron chi connectivity index (χ1n) is 10.7. The number of hydrogen-bond acceptors (Lipinski definition) is 6. The lowest BCUT2D eigenvalue weighted by Crippen LogP contribution is -2.32. The van der Waals surface area contributed by atoms with Gasteiger partial charge in [0, 0.05) is 27.2 Å². The van der Waals surface area contributed by atoms with Crippen molar-refractivity contribution in [3.05, 3.63) is 105 Å². The molecule has 184 valence electrons. The predicted octanol–water partition coefficient (Wildman–Crippen LogP) is 6.80. The van der Waals surface area contributed by atoms with Crippen LogP contribution in [0.5, 0.6) is 0 Å². The second-order valence-corrected chi connectivity index (χ2v) is 9.87. The van der Waals surface area contributed by atoms with Gasteiger partial charge in [-0.1, -0.05) is 65.1 Å². The summed E-state index contributed by atoms with van der Waals surface area (Å²) in [5.41, 5.74) is 2.63. The number of halogens is 3. The molecule has 1 aromatic heterocycles. The van der Waals surface area contributed by atoms with Gasteiger partial charge in [-0.2, -0.15) is 0 Å². The third-order valence-corrected chi connectivity index (χ3v) is 7.03. The highest BCUT2D eigenvalue weighted by molar-refractivity contribution is 7.14. The molecule has 3 aromatic carbocycles. The maximum Gasteiger partial charge on any atom is 0.283 e. The second-order valence-electron chi connectivity index (χ2n) is 7.79. The summed E-state index contributed by atoms with van der Waals surface area (Å²) in [6, 6.07) is 20.4. The fraction of sp³-hybridized carbons (Fsp3) is 0. The molecule has 0 aliphatic carbocycles. The number of carbonyl (C=O) groups is 3. The number of imide groups is 1. The van der Waals surface area contributed by atoms with Crippen LogP contribution in [0.4, 0.5) is 16.5 Å². The molecule has 7 nitrogen and oxygen atoms in total. The van der Waals surface area contributed by atoms with Crippen LogP contribution in [0.15, 0.2) is 88.9 Å². The first kappa shape index (κ1) is 25.0. The standard InChI is InChI=1S/C26H15Cl3N4O3S/c27-16-8-11-20(18(28)12-16)33-24(35)21(29)22(25(33)36)30-17-9-6-15(7-10-17)23(34)32-26-31-19(13-37-26)14-4-2-1-3-5-14/h1-13,30H,(H,31,32,34). The molecule has 0 bridgehead atoms. The quantitative estimate of drug-likeness (QED) is 0.249. The molecule has 1 aliphatic rings. The number of aromatic nitrogens is 1. The van der Waals surface area contributed by atoms with Crippen LogP contribution < -0.4 is 15.5 Å². The van der Waals surface area contributed by atoms with Crippen molar-refractivity contribution in [1.29, 1.82) is 0 Å². The van der Waals surface area contributed by atoms with Crippen molar-refractivity contribution in [1.82, 2.24) is 4.98 Å². The van der Waals surface area contributed by atoms with Gasteiger partial charge < -0.3 is 5.32 Å². The van der Waals surface area contributed by atoms with Crippen molar-refractivity contribution in [3.8, 4) is 11.3 Å². The van der Waals surface area contributed by atoms with Crippen LogP contribution in [0.1, 0.15) is 10.4 Å². The molecule has 11 heteroatoms. The average Bonchev–Trinajstić information content (AvgIpc) is 3.44. The Morgan fingerprint density at radius 2 is 1.62 bits per heavy atom. The molecule has 0 saturated heterocycles. The van der Waals surface area contributed by atoms with E-state index in [-0.39, 0.29) is 27.3 Å². The molecule has 0 radical (unpaired) electrons. The largest absolute Gasteiger partial charge is 0.350 e. The zero-order valence-corrected chi connectivity index (χ0v) is 21.8. The summed E-state index contributed by atoms with van der Waals surface area (Å²) in [4.78, 5) is 43.7. The molecule has 0 atom stereocenters. The van der Waals surface area contributed by atoms with Crippen LogP contribution in [0.2, 0.25) is 10.0 Å². The third-order valence-electron chi connectivity index (χ3n) is 5.39. The molecule has 0 spiro atoms. The van der Waals surface area contributed by atoms with Gasteiger partial charge in [0.05, 0.1) is 16.4 Å². The number of rotatable bonds is 6. The molecule has 0 unspecified atom stereocenters. The summed E-state index contributed by atoms with van der Waals surface area (Å²) in [6.07, 6.45) is 0. The molecule has 2 N–H and O–H groups in total. The average molecular weight is 570 g/mol. The Labute approximate surface area is 230 Å². The zero-order chi connectivity index (χ0) is 26.1. The summed E-state index contributed by atoms with van der Waals surface area (Å²) in [5.74, 6) is -1.72. The Bertz CT molecular complexity index is 1570. The molecule has 0 saturated carbocycles. The van der Waals surface area contributed by atoms with E-state index in [1.807, 2.05) is 35.7 Å².